The lowest BCUT2D eigenvalue weighted by Gasteiger charge is -2.24. The summed E-state index contributed by atoms with van der Waals surface area (Å²) in [6.45, 7) is 13.4. The van der Waals surface area contributed by atoms with Gasteiger partial charge in [-0.15, -0.1) is 24.0 Å². The molecule has 1 N–H and O–H groups in total. The number of halogens is 1. The zero-order chi connectivity index (χ0) is 18.3. The van der Waals surface area contributed by atoms with Crippen molar-refractivity contribution in [3.05, 3.63) is 35.4 Å². The van der Waals surface area contributed by atoms with Crippen LogP contribution in [0.5, 0.6) is 0 Å². The third kappa shape index (κ3) is 7.43. The summed E-state index contributed by atoms with van der Waals surface area (Å²) in [7, 11) is 2.12. The van der Waals surface area contributed by atoms with E-state index in [0.717, 1.165) is 51.6 Å². The summed E-state index contributed by atoms with van der Waals surface area (Å²) in [4.78, 5) is 7.05. The lowest BCUT2D eigenvalue weighted by molar-refractivity contribution is 0.181. The molecule has 148 valence electrons. The van der Waals surface area contributed by atoms with E-state index < -0.39 is 0 Å². The maximum absolute atomic E-state index is 5.48. The molecule has 2 rings (SSSR count). The Morgan fingerprint density at radius 1 is 1.27 bits per heavy atom. The van der Waals surface area contributed by atoms with E-state index in [1.807, 2.05) is 0 Å². The largest absolute Gasteiger partial charge is 0.381 e. The molecule has 1 aromatic carbocycles. The zero-order valence-corrected chi connectivity index (χ0v) is 19.4. The number of benzene rings is 1. The van der Waals surface area contributed by atoms with E-state index in [9.17, 15) is 0 Å². The lowest BCUT2D eigenvalue weighted by atomic mass is 9.86. The van der Waals surface area contributed by atoms with E-state index in [-0.39, 0.29) is 29.4 Å². The molecular weight excluding hydrogens is 437 g/mol. The zero-order valence-electron chi connectivity index (χ0n) is 17.0. The first-order valence-electron chi connectivity index (χ1n) is 9.56. The van der Waals surface area contributed by atoms with Crippen LogP contribution in [0.4, 0.5) is 0 Å². The molecule has 1 heterocycles. The van der Waals surface area contributed by atoms with Gasteiger partial charge in [0.25, 0.3) is 0 Å². The second-order valence-electron chi connectivity index (χ2n) is 8.04. The highest BCUT2D eigenvalue weighted by Crippen LogP contribution is 2.22. The highest BCUT2D eigenvalue weighted by molar-refractivity contribution is 14.0. The van der Waals surface area contributed by atoms with E-state index in [0.29, 0.717) is 5.92 Å². The van der Waals surface area contributed by atoms with Gasteiger partial charge in [0.05, 0.1) is 6.61 Å². The van der Waals surface area contributed by atoms with Crippen LogP contribution in [0.3, 0.4) is 0 Å². The van der Waals surface area contributed by atoms with Crippen molar-refractivity contribution in [3.8, 4) is 0 Å². The Labute approximate surface area is 176 Å². The number of rotatable bonds is 6. The standard InChI is InChI=1S/C21H35N3O.HI/c1-6-22-20(24(5)15-18-12-14-25-16-18)23-13-11-17-7-9-19(10-8-17)21(2,3)4;/h7-10,18H,6,11-16H2,1-5H3,(H,22,23);1H. The van der Waals surface area contributed by atoms with Crippen LogP contribution in [-0.2, 0) is 16.6 Å². The maximum Gasteiger partial charge on any atom is 0.193 e. The predicted molar refractivity (Wildman–Crippen MR) is 122 cm³/mol. The van der Waals surface area contributed by atoms with Crippen molar-refractivity contribution < 1.29 is 4.74 Å². The monoisotopic (exact) mass is 473 g/mol. The highest BCUT2D eigenvalue weighted by atomic mass is 127. The summed E-state index contributed by atoms with van der Waals surface area (Å²) in [5.74, 6) is 1.62. The molecule has 1 saturated heterocycles. The first-order chi connectivity index (χ1) is 11.9. The van der Waals surface area contributed by atoms with Crippen molar-refractivity contribution in [1.82, 2.24) is 10.2 Å². The van der Waals surface area contributed by atoms with Gasteiger partial charge in [0.1, 0.15) is 0 Å². The summed E-state index contributed by atoms with van der Waals surface area (Å²) in [6.07, 6.45) is 2.13. The molecule has 1 unspecified atom stereocenters. The average Bonchev–Trinajstić information content (AvgIpc) is 3.06. The summed E-state index contributed by atoms with van der Waals surface area (Å²) in [5.41, 5.74) is 2.94. The van der Waals surface area contributed by atoms with Crippen LogP contribution in [0, 0.1) is 5.92 Å². The minimum atomic E-state index is 0. The van der Waals surface area contributed by atoms with E-state index >= 15 is 0 Å². The first kappa shape index (κ1) is 23.2. The van der Waals surface area contributed by atoms with Crippen molar-refractivity contribution in [1.29, 1.82) is 0 Å². The van der Waals surface area contributed by atoms with E-state index in [2.05, 4.69) is 69.2 Å². The van der Waals surface area contributed by atoms with Gasteiger partial charge in [-0.05, 0) is 36.3 Å². The average molecular weight is 473 g/mol. The summed E-state index contributed by atoms with van der Waals surface area (Å²) < 4.78 is 5.48. The Hall–Kier alpha value is -0.820. The Kier molecular flexibility index (Phi) is 9.93. The van der Waals surface area contributed by atoms with Gasteiger partial charge in [0, 0.05) is 39.2 Å². The maximum atomic E-state index is 5.48. The van der Waals surface area contributed by atoms with E-state index in [4.69, 9.17) is 9.73 Å². The summed E-state index contributed by atoms with van der Waals surface area (Å²) in [5, 5.41) is 3.41. The van der Waals surface area contributed by atoms with Crippen LogP contribution < -0.4 is 5.32 Å². The Morgan fingerprint density at radius 3 is 2.50 bits per heavy atom. The third-order valence-corrected chi connectivity index (χ3v) is 4.73. The molecule has 1 fully saturated rings. The van der Waals surface area contributed by atoms with Crippen LogP contribution in [-0.4, -0.2) is 50.8 Å². The van der Waals surface area contributed by atoms with E-state index in [1.165, 1.54) is 11.1 Å². The minimum absolute atomic E-state index is 0. The third-order valence-electron chi connectivity index (χ3n) is 4.73. The molecule has 26 heavy (non-hydrogen) atoms. The van der Waals surface area contributed by atoms with Gasteiger partial charge in [0.2, 0.25) is 0 Å². The number of aliphatic imine (C=N–C) groups is 1. The quantitative estimate of drug-likeness (QED) is 0.385. The van der Waals surface area contributed by atoms with Gasteiger partial charge in [-0.3, -0.25) is 4.99 Å². The van der Waals surface area contributed by atoms with Gasteiger partial charge >= 0.3 is 0 Å². The highest BCUT2D eigenvalue weighted by Gasteiger charge is 2.19. The topological polar surface area (TPSA) is 36.9 Å². The molecule has 1 atom stereocenters. The number of nitrogens with one attached hydrogen (secondary N) is 1. The number of hydrogen-bond acceptors (Lipinski definition) is 2. The van der Waals surface area contributed by atoms with E-state index in [1.54, 1.807) is 0 Å². The molecule has 0 saturated carbocycles. The summed E-state index contributed by atoms with van der Waals surface area (Å²) in [6, 6.07) is 8.97. The fourth-order valence-corrected chi connectivity index (χ4v) is 3.13. The number of hydrogen-bond donors (Lipinski definition) is 1. The molecule has 1 aliphatic rings. The molecule has 0 amide bonds. The van der Waals surface area contributed by atoms with Crippen molar-refractivity contribution in [3.63, 3.8) is 0 Å². The Balaban J connectivity index is 0.00000338. The second kappa shape index (κ2) is 11.1. The molecule has 0 aliphatic carbocycles. The van der Waals surface area contributed by atoms with Crippen LogP contribution in [0.2, 0.25) is 0 Å². The van der Waals surface area contributed by atoms with Crippen molar-refractivity contribution in [2.75, 3.05) is 39.9 Å². The Morgan fingerprint density at radius 2 is 1.96 bits per heavy atom. The molecule has 5 heteroatoms. The molecule has 1 aliphatic heterocycles. The number of guanidine groups is 1. The SMILES string of the molecule is CCNC(=NCCc1ccc(C(C)(C)C)cc1)N(C)CC1CCOC1.I. The van der Waals surface area contributed by atoms with Gasteiger partial charge in [-0.25, -0.2) is 0 Å². The van der Waals surface area contributed by atoms with Crippen molar-refractivity contribution in [2.45, 2.75) is 46.0 Å². The Bertz CT molecular complexity index is 545. The summed E-state index contributed by atoms with van der Waals surface area (Å²) >= 11 is 0. The van der Waals surface area contributed by atoms with Crippen LogP contribution in [0.15, 0.2) is 29.3 Å². The predicted octanol–water partition coefficient (Wildman–Crippen LogP) is 4.08. The first-order valence-corrected chi connectivity index (χ1v) is 9.56. The van der Waals surface area contributed by atoms with Gasteiger partial charge in [-0.2, -0.15) is 0 Å². The number of nitrogens with zero attached hydrogens (tertiary/aromatic N) is 2. The van der Waals surface area contributed by atoms with Gasteiger partial charge < -0.3 is 15.0 Å². The second-order valence-corrected chi connectivity index (χ2v) is 8.04. The fraction of sp³-hybridized carbons (Fsp3) is 0.667. The van der Waals surface area contributed by atoms with Crippen molar-refractivity contribution >= 4 is 29.9 Å². The van der Waals surface area contributed by atoms with Gasteiger partial charge in [-0.1, -0.05) is 45.0 Å². The molecule has 0 bridgehead atoms. The molecule has 0 spiro atoms. The van der Waals surface area contributed by atoms with Crippen LogP contribution in [0.1, 0.15) is 45.2 Å². The van der Waals surface area contributed by atoms with Crippen LogP contribution in [0.25, 0.3) is 0 Å². The minimum Gasteiger partial charge on any atom is -0.381 e. The molecule has 0 aromatic heterocycles. The normalized spacial score (nSPS) is 17.7. The van der Waals surface area contributed by atoms with Gasteiger partial charge in [0.15, 0.2) is 5.96 Å². The lowest BCUT2D eigenvalue weighted by Crippen LogP contribution is -2.41. The van der Waals surface area contributed by atoms with Crippen molar-refractivity contribution in [2.24, 2.45) is 10.9 Å². The molecule has 0 radical (unpaired) electrons. The molecular formula is C21H36IN3O. The molecule has 1 aromatic rings. The molecule has 4 nitrogen and oxygen atoms in total. The number of ether oxygens (including phenoxy) is 1. The smallest absolute Gasteiger partial charge is 0.193 e. The fourth-order valence-electron chi connectivity index (χ4n) is 3.13. The van der Waals surface area contributed by atoms with Crippen LogP contribution >= 0.6 is 24.0 Å².